The highest BCUT2D eigenvalue weighted by Crippen LogP contribution is 2.44. The van der Waals surface area contributed by atoms with Gasteiger partial charge in [0.15, 0.2) is 0 Å². The summed E-state index contributed by atoms with van der Waals surface area (Å²) in [5.74, 6) is 1.28. The highest BCUT2D eigenvalue weighted by atomic mass is 32.2. The van der Waals surface area contributed by atoms with E-state index in [1.807, 2.05) is 32.9 Å². The molecule has 0 atom stereocenters. The molecule has 1 aliphatic carbocycles. The molecule has 6 nitrogen and oxygen atoms in total. The zero-order chi connectivity index (χ0) is 45.2. The van der Waals surface area contributed by atoms with E-state index in [0.29, 0.717) is 35.1 Å². The third-order valence-corrected chi connectivity index (χ3v) is 13.1. The Kier molecular flexibility index (Phi) is 12.1. The summed E-state index contributed by atoms with van der Waals surface area (Å²) in [6.07, 6.45) is 1.04. The van der Waals surface area contributed by atoms with E-state index in [1.165, 1.54) is 0 Å². The lowest BCUT2D eigenvalue weighted by Gasteiger charge is -2.28. The standard InChI is InChI=1S/C54H68O6S/c1-32(2)59-49-38-20-34-24-42(51(4,5)6)26-36(47(34)55)22-40-30-45(54(13,14)15)31-41(50(40)60-61(57,58)46-18-16-33(3)17-19-46)23-37-27-43(52(7,8)9)25-35(48(37)56)21-39(49)29-44(28-38)53(10,11)12/h16-19,24-32,55-56H,20-23H2,1-15H3. The van der Waals surface area contributed by atoms with Crippen molar-refractivity contribution >= 4 is 10.1 Å². The van der Waals surface area contributed by atoms with Gasteiger partial charge in [-0.2, -0.15) is 8.42 Å². The molecule has 0 saturated heterocycles. The van der Waals surface area contributed by atoms with Crippen molar-refractivity contribution < 1.29 is 27.6 Å². The Morgan fingerprint density at radius 1 is 0.475 bits per heavy atom. The molecule has 1 aliphatic rings. The second-order valence-electron chi connectivity index (χ2n) is 21.8. The number of phenols is 2. The fourth-order valence-corrected chi connectivity index (χ4v) is 9.00. The first-order valence-corrected chi connectivity index (χ1v) is 23.1. The van der Waals surface area contributed by atoms with Gasteiger partial charge in [-0.25, -0.2) is 0 Å². The van der Waals surface area contributed by atoms with E-state index in [0.717, 1.165) is 55.8 Å². The number of aryl methyl sites for hydroxylation is 1. The van der Waals surface area contributed by atoms with Gasteiger partial charge in [0.25, 0.3) is 0 Å². The summed E-state index contributed by atoms with van der Waals surface area (Å²) in [6, 6.07) is 23.5. The van der Waals surface area contributed by atoms with E-state index in [4.69, 9.17) is 8.92 Å². The number of rotatable bonds is 5. The van der Waals surface area contributed by atoms with Crippen molar-refractivity contribution in [1.82, 2.24) is 0 Å². The van der Waals surface area contributed by atoms with E-state index in [9.17, 15) is 18.6 Å². The number of hydrogen-bond acceptors (Lipinski definition) is 6. The summed E-state index contributed by atoms with van der Waals surface area (Å²) < 4.78 is 41.7. The van der Waals surface area contributed by atoms with Crippen LogP contribution in [0.25, 0.3) is 0 Å². The molecule has 61 heavy (non-hydrogen) atoms. The average molecular weight is 845 g/mol. The summed E-state index contributed by atoms with van der Waals surface area (Å²) in [6.45, 7) is 32.0. The molecule has 5 aromatic carbocycles. The molecule has 5 aromatic rings. The van der Waals surface area contributed by atoms with Crippen LogP contribution < -0.4 is 8.92 Å². The van der Waals surface area contributed by atoms with E-state index >= 15 is 0 Å². The largest absolute Gasteiger partial charge is 0.507 e. The van der Waals surface area contributed by atoms with Gasteiger partial charge in [-0.15, -0.1) is 0 Å². The number of phenolic OH excluding ortho intramolecular Hbond substituents is 2. The predicted octanol–water partition coefficient (Wildman–Crippen LogP) is 12.8. The molecule has 0 heterocycles. The first kappa shape index (κ1) is 45.8. The summed E-state index contributed by atoms with van der Waals surface area (Å²) in [7, 11) is -4.31. The van der Waals surface area contributed by atoms with E-state index in [2.05, 4.69) is 119 Å². The Hall–Kier alpha value is -4.75. The van der Waals surface area contributed by atoms with Crippen LogP contribution in [0.4, 0.5) is 0 Å². The number of fused-ring (bicyclic) bond motifs is 8. The number of aromatic hydroxyl groups is 2. The quantitative estimate of drug-likeness (QED) is 0.168. The summed E-state index contributed by atoms with van der Waals surface area (Å²) >= 11 is 0. The lowest BCUT2D eigenvalue weighted by Crippen LogP contribution is -2.18. The molecule has 0 aromatic heterocycles. The van der Waals surface area contributed by atoms with Crippen LogP contribution in [-0.4, -0.2) is 24.7 Å². The number of ether oxygens (including phenoxy) is 1. The number of benzene rings is 5. The minimum Gasteiger partial charge on any atom is -0.507 e. The Labute approximate surface area is 366 Å². The van der Waals surface area contributed by atoms with Gasteiger partial charge in [0.1, 0.15) is 27.9 Å². The van der Waals surface area contributed by atoms with Crippen molar-refractivity contribution in [1.29, 1.82) is 0 Å². The number of hydrogen-bond donors (Lipinski definition) is 2. The highest BCUT2D eigenvalue weighted by Gasteiger charge is 2.30. The first-order chi connectivity index (χ1) is 28.0. The molecule has 0 aliphatic heterocycles. The van der Waals surface area contributed by atoms with E-state index < -0.39 is 10.1 Å². The van der Waals surface area contributed by atoms with Crippen LogP contribution in [0.3, 0.4) is 0 Å². The maximum Gasteiger partial charge on any atom is 0.339 e. The second-order valence-corrected chi connectivity index (χ2v) is 23.3. The zero-order valence-corrected chi connectivity index (χ0v) is 40.1. The molecular weight excluding hydrogens is 777 g/mol. The lowest BCUT2D eigenvalue weighted by molar-refractivity contribution is 0.238. The third kappa shape index (κ3) is 10.1. The molecule has 7 heteroatoms. The summed E-state index contributed by atoms with van der Waals surface area (Å²) in [5, 5.41) is 25.0. The van der Waals surface area contributed by atoms with Crippen LogP contribution >= 0.6 is 0 Å². The van der Waals surface area contributed by atoms with E-state index in [1.54, 1.807) is 24.3 Å². The maximum absolute atomic E-state index is 14.3. The van der Waals surface area contributed by atoms with Crippen LogP contribution in [0, 0.1) is 6.92 Å². The average Bonchev–Trinajstić information content (AvgIpc) is 3.11. The minimum atomic E-state index is -4.31. The molecule has 0 amide bonds. The lowest BCUT2D eigenvalue weighted by atomic mass is 9.79. The summed E-state index contributed by atoms with van der Waals surface area (Å²) in [4.78, 5) is 0.0481. The van der Waals surface area contributed by atoms with Gasteiger partial charge in [0.2, 0.25) is 0 Å². The van der Waals surface area contributed by atoms with Gasteiger partial charge in [-0.05, 0) is 110 Å². The third-order valence-electron chi connectivity index (χ3n) is 11.9. The topological polar surface area (TPSA) is 93.1 Å². The van der Waals surface area contributed by atoms with Crippen LogP contribution in [0.5, 0.6) is 23.0 Å². The smallest absolute Gasteiger partial charge is 0.339 e. The Balaban J connectivity index is 1.76. The monoisotopic (exact) mass is 844 g/mol. The molecule has 0 saturated carbocycles. The molecule has 2 N–H and O–H groups in total. The Morgan fingerprint density at radius 3 is 1.03 bits per heavy atom. The van der Waals surface area contributed by atoms with Gasteiger partial charge in [0, 0.05) is 36.8 Å². The van der Waals surface area contributed by atoms with Crippen molar-refractivity contribution in [2.75, 3.05) is 0 Å². The molecule has 0 fully saturated rings. The zero-order valence-electron chi connectivity index (χ0n) is 39.3. The van der Waals surface area contributed by atoms with Crippen LogP contribution in [-0.2, 0) is 57.5 Å². The van der Waals surface area contributed by atoms with Gasteiger partial charge in [-0.3, -0.25) is 0 Å². The minimum absolute atomic E-state index is 0.0481. The second kappa shape index (κ2) is 16.2. The fourth-order valence-electron chi connectivity index (χ4n) is 8.00. The molecule has 0 radical (unpaired) electrons. The summed E-state index contributed by atoms with van der Waals surface area (Å²) in [5.41, 5.74) is 10.1. The predicted molar refractivity (Wildman–Crippen MR) is 250 cm³/mol. The Bertz CT molecular complexity index is 2450. The molecule has 8 bridgehead atoms. The van der Waals surface area contributed by atoms with Crippen molar-refractivity contribution in [3.8, 4) is 23.0 Å². The Morgan fingerprint density at radius 2 is 0.754 bits per heavy atom. The van der Waals surface area contributed by atoms with Crippen LogP contribution in [0.2, 0.25) is 0 Å². The van der Waals surface area contributed by atoms with Crippen molar-refractivity contribution in [2.45, 2.75) is 162 Å². The van der Waals surface area contributed by atoms with Gasteiger partial charge in [0.05, 0.1) is 6.10 Å². The van der Waals surface area contributed by atoms with Gasteiger partial charge < -0.3 is 19.1 Å². The molecule has 326 valence electrons. The molecule has 0 spiro atoms. The molecule has 0 unspecified atom stereocenters. The van der Waals surface area contributed by atoms with Crippen LogP contribution in [0.15, 0.2) is 77.7 Å². The van der Waals surface area contributed by atoms with E-state index in [-0.39, 0.29) is 62.7 Å². The van der Waals surface area contributed by atoms with Crippen molar-refractivity contribution in [2.24, 2.45) is 0 Å². The van der Waals surface area contributed by atoms with Crippen LogP contribution in [0.1, 0.15) is 169 Å². The SMILES string of the molecule is Cc1ccc(S(=O)(=O)Oc2c3cc(C(C)(C)C)cc2Cc2cc(C(C)(C)C)cc(c2O)Cc2cc(C(C)(C)C)cc(c2OC(C)C)Cc2cc(C(C)(C)C)cc(c2O)C3)cc1. The molecular formula is C54H68O6S. The normalized spacial score (nSPS) is 14.0. The van der Waals surface area contributed by atoms with Gasteiger partial charge in [-0.1, -0.05) is 149 Å². The van der Waals surface area contributed by atoms with Crippen molar-refractivity contribution in [3.63, 3.8) is 0 Å². The van der Waals surface area contributed by atoms with Crippen molar-refractivity contribution in [3.05, 3.63) is 145 Å². The highest BCUT2D eigenvalue weighted by molar-refractivity contribution is 7.87. The fraction of sp³-hybridized carbons (Fsp3) is 0.444. The first-order valence-electron chi connectivity index (χ1n) is 21.7. The molecule has 6 rings (SSSR count). The maximum atomic E-state index is 14.3. The van der Waals surface area contributed by atoms with Gasteiger partial charge >= 0.3 is 10.1 Å².